The van der Waals surface area contributed by atoms with Crippen molar-refractivity contribution in [2.24, 2.45) is 5.73 Å². The lowest BCUT2D eigenvalue weighted by molar-refractivity contribution is -0.0805. The van der Waals surface area contributed by atoms with Gasteiger partial charge in [0.1, 0.15) is 0 Å². The lowest BCUT2D eigenvalue weighted by Crippen LogP contribution is -2.43. The van der Waals surface area contributed by atoms with E-state index in [1.807, 2.05) is 16.4 Å². The first-order valence-electron chi connectivity index (χ1n) is 7.16. The smallest absolute Gasteiger partial charge is 0.209 e. The molecule has 2 fully saturated rings. The number of nitrogens with zero attached hydrogens (tertiary/aromatic N) is 4. The molecule has 2 saturated heterocycles. The number of hydrogen-bond acceptors (Lipinski definition) is 7. The lowest BCUT2D eigenvalue weighted by Gasteiger charge is -2.42. The summed E-state index contributed by atoms with van der Waals surface area (Å²) in [5, 5.41) is 13.3. The Bertz CT molecular complexity index is 430. The monoisotopic (exact) mass is 315 g/mol. The lowest BCUT2D eigenvalue weighted by atomic mass is 9.88. The van der Waals surface area contributed by atoms with Crippen molar-refractivity contribution in [3.05, 3.63) is 0 Å². The summed E-state index contributed by atoms with van der Waals surface area (Å²) in [5.41, 5.74) is 5.70. The number of ether oxygens (including phenoxy) is 1. The van der Waals surface area contributed by atoms with E-state index in [1.165, 1.54) is 24.3 Å². The van der Waals surface area contributed by atoms with Crippen LogP contribution in [0.4, 0.5) is 0 Å². The van der Waals surface area contributed by atoms with Gasteiger partial charge in [0.2, 0.25) is 5.16 Å². The molecular weight excluding hydrogens is 294 g/mol. The third-order valence-corrected chi connectivity index (χ3v) is 6.19. The fourth-order valence-electron chi connectivity index (χ4n) is 2.87. The summed E-state index contributed by atoms with van der Waals surface area (Å²) in [6.07, 6.45) is 4.56. The molecule has 8 heteroatoms. The highest BCUT2D eigenvalue weighted by Crippen LogP contribution is 2.42. The first-order valence-corrected chi connectivity index (χ1v) is 9.19. The van der Waals surface area contributed by atoms with Crippen LogP contribution in [0.2, 0.25) is 0 Å². The normalized spacial score (nSPS) is 25.9. The second kappa shape index (κ2) is 6.64. The van der Waals surface area contributed by atoms with Crippen molar-refractivity contribution < 1.29 is 4.74 Å². The molecule has 1 aromatic heterocycles. The maximum atomic E-state index is 6.13. The van der Waals surface area contributed by atoms with E-state index in [9.17, 15) is 0 Å². The van der Waals surface area contributed by atoms with Crippen LogP contribution >= 0.6 is 23.5 Å². The van der Waals surface area contributed by atoms with Crippen molar-refractivity contribution in [1.29, 1.82) is 0 Å². The standard InChI is InChI=1S/C12H21N5OS2/c13-4-5-17-11(14-15-16-17)20-10-1-6-18-12(9-10)2-7-19-8-3-12/h10H,1-9,13H2. The maximum absolute atomic E-state index is 6.13. The molecular formula is C12H21N5OS2. The Kier molecular flexibility index (Phi) is 4.85. The van der Waals surface area contributed by atoms with E-state index in [0.717, 1.165) is 24.6 Å². The maximum Gasteiger partial charge on any atom is 0.209 e. The van der Waals surface area contributed by atoms with E-state index in [1.54, 1.807) is 11.8 Å². The van der Waals surface area contributed by atoms with Crippen LogP contribution < -0.4 is 5.73 Å². The van der Waals surface area contributed by atoms with Crippen LogP contribution in [0.5, 0.6) is 0 Å². The van der Waals surface area contributed by atoms with Gasteiger partial charge >= 0.3 is 0 Å². The Labute approximate surface area is 127 Å². The van der Waals surface area contributed by atoms with Crippen molar-refractivity contribution >= 4 is 23.5 Å². The summed E-state index contributed by atoms with van der Waals surface area (Å²) in [6, 6.07) is 0. The van der Waals surface area contributed by atoms with Crippen molar-refractivity contribution in [2.45, 2.75) is 48.2 Å². The molecule has 3 rings (SSSR count). The third kappa shape index (κ3) is 3.29. The number of rotatable bonds is 4. The molecule has 3 heterocycles. The van der Waals surface area contributed by atoms with Gasteiger partial charge in [-0.05, 0) is 47.6 Å². The van der Waals surface area contributed by atoms with Crippen molar-refractivity contribution in [2.75, 3.05) is 24.7 Å². The van der Waals surface area contributed by atoms with Gasteiger partial charge in [0, 0.05) is 18.4 Å². The van der Waals surface area contributed by atoms with Crippen molar-refractivity contribution in [3.8, 4) is 0 Å². The molecule has 2 N–H and O–H groups in total. The Morgan fingerprint density at radius 1 is 1.45 bits per heavy atom. The topological polar surface area (TPSA) is 78.9 Å². The molecule has 1 atom stereocenters. The summed E-state index contributed by atoms with van der Waals surface area (Å²) in [7, 11) is 0. The van der Waals surface area contributed by atoms with Crippen molar-refractivity contribution in [1.82, 2.24) is 20.2 Å². The predicted molar refractivity (Wildman–Crippen MR) is 81.0 cm³/mol. The predicted octanol–water partition coefficient (Wildman–Crippen LogP) is 1.17. The van der Waals surface area contributed by atoms with E-state index in [-0.39, 0.29) is 5.60 Å². The summed E-state index contributed by atoms with van der Waals surface area (Å²) in [6.45, 7) is 2.11. The van der Waals surface area contributed by atoms with Gasteiger partial charge in [-0.25, -0.2) is 4.68 Å². The van der Waals surface area contributed by atoms with Crippen molar-refractivity contribution in [3.63, 3.8) is 0 Å². The van der Waals surface area contributed by atoms with E-state index >= 15 is 0 Å². The van der Waals surface area contributed by atoms with Crippen LogP contribution in [-0.2, 0) is 11.3 Å². The zero-order valence-corrected chi connectivity index (χ0v) is 13.2. The average molecular weight is 315 g/mol. The minimum Gasteiger partial charge on any atom is -0.375 e. The Hall–Kier alpha value is -0.310. The molecule has 2 aliphatic rings. The molecule has 1 spiro atoms. The van der Waals surface area contributed by atoms with Gasteiger partial charge in [0.25, 0.3) is 0 Å². The highest BCUT2D eigenvalue weighted by molar-refractivity contribution is 7.99. The first kappa shape index (κ1) is 14.6. The number of nitrogens with two attached hydrogens (primary N) is 1. The summed E-state index contributed by atoms with van der Waals surface area (Å²) in [5.74, 6) is 2.45. The second-order valence-corrected chi connectivity index (χ2v) is 7.84. The van der Waals surface area contributed by atoms with E-state index in [4.69, 9.17) is 10.5 Å². The number of hydrogen-bond donors (Lipinski definition) is 1. The van der Waals surface area contributed by atoms with Gasteiger partial charge in [0.05, 0.1) is 12.1 Å². The minimum atomic E-state index is 0.118. The van der Waals surface area contributed by atoms with Crippen LogP contribution in [0.15, 0.2) is 5.16 Å². The van der Waals surface area contributed by atoms with Crippen LogP contribution in [0.1, 0.15) is 25.7 Å². The SMILES string of the molecule is NCCn1nnnc1SC1CCOC2(CCSCC2)C1. The number of aromatic nitrogens is 4. The largest absolute Gasteiger partial charge is 0.375 e. The third-order valence-electron chi connectivity index (χ3n) is 3.96. The molecule has 1 aromatic rings. The summed E-state index contributed by atoms with van der Waals surface area (Å²) >= 11 is 3.83. The fraction of sp³-hybridized carbons (Fsp3) is 0.917. The van der Waals surface area contributed by atoms with Gasteiger partial charge in [-0.15, -0.1) is 5.10 Å². The highest BCUT2D eigenvalue weighted by Gasteiger charge is 2.39. The minimum absolute atomic E-state index is 0.118. The molecule has 112 valence electrons. The molecule has 0 aliphatic carbocycles. The van der Waals surface area contributed by atoms with Gasteiger partial charge in [0.15, 0.2) is 0 Å². The zero-order valence-electron chi connectivity index (χ0n) is 11.5. The molecule has 20 heavy (non-hydrogen) atoms. The Morgan fingerprint density at radius 3 is 3.10 bits per heavy atom. The first-order chi connectivity index (χ1) is 9.81. The Morgan fingerprint density at radius 2 is 2.30 bits per heavy atom. The molecule has 0 saturated carbocycles. The number of thioether (sulfide) groups is 2. The van der Waals surface area contributed by atoms with Crippen LogP contribution in [0.25, 0.3) is 0 Å². The molecule has 0 aromatic carbocycles. The average Bonchev–Trinajstić information content (AvgIpc) is 2.88. The van der Waals surface area contributed by atoms with Crippen LogP contribution in [0.3, 0.4) is 0 Å². The van der Waals surface area contributed by atoms with E-state index in [0.29, 0.717) is 18.3 Å². The fourth-order valence-corrected chi connectivity index (χ4v) is 5.34. The second-order valence-electron chi connectivity index (χ2n) is 5.35. The van der Waals surface area contributed by atoms with Gasteiger partial charge in [-0.2, -0.15) is 11.8 Å². The quantitative estimate of drug-likeness (QED) is 0.893. The molecule has 6 nitrogen and oxygen atoms in total. The summed E-state index contributed by atoms with van der Waals surface area (Å²) in [4.78, 5) is 0. The molecule has 2 aliphatic heterocycles. The zero-order chi connectivity index (χ0) is 13.8. The Balaban J connectivity index is 1.63. The van der Waals surface area contributed by atoms with Gasteiger partial charge in [-0.3, -0.25) is 0 Å². The summed E-state index contributed by atoms with van der Waals surface area (Å²) < 4.78 is 7.94. The van der Waals surface area contributed by atoms with E-state index in [2.05, 4.69) is 15.5 Å². The number of tetrazole rings is 1. The molecule has 0 amide bonds. The molecule has 0 radical (unpaired) electrons. The van der Waals surface area contributed by atoms with E-state index < -0.39 is 0 Å². The van der Waals surface area contributed by atoms with Crippen LogP contribution in [0, 0.1) is 0 Å². The molecule has 1 unspecified atom stereocenters. The molecule has 0 bridgehead atoms. The van der Waals surface area contributed by atoms with Gasteiger partial charge in [-0.1, -0.05) is 11.8 Å². The van der Waals surface area contributed by atoms with Gasteiger partial charge < -0.3 is 10.5 Å². The highest BCUT2D eigenvalue weighted by atomic mass is 32.2. The van der Waals surface area contributed by atoms with Crippen LogP contribution in [-0.4, -0.2) is 55.7 Å².